The number of fused-ring (bicyclic) bond motifs is 1. The van der Waals surface area contributed by atoms with Crippen LogP contribution in [0, 0.1) is 11.8 Å². The third-order valence-electron chi connectivity index (χ3n) is 4.97. The van der Waals surface area contributed by atoms with E-state index in [2.05, 4.69) is 16.9 Å². The molecule has 0 bridgehead atoms. The molecule has 0 saturated carbocycles. The summed E-state index contributed by atoms with van der Waals surface area (Å²) in [5.74, 6) is 1.92. The lowest BCUT2D eigenvalue weighted by atomic mass is 9.82. The Balaban J connectivity index is 0.000000537. The molecule has 9 heteroatoms. The Hall–Kier alpha value is -2.33. The first-order chi connectivity index (χ1) is 13.7. The standard InChI is InChI=1S/C20H24N2O2.H2O4S/c1-3-14-13-21-10-8-15(14)4-7-20(23)17-9-11-22-19-6-5-16(24-2)12-18(17)19;1-5(2,3)4/h3,5-6,9,11-12,14-15,21H,1,4,7-8,10,13H2,2H3;(H2,1,2,3,4). The molecule has 0 amide bonds. The van der Waals surface area contributed by atoms with E-state index in [-0.39, 0.29) is 5.78 Å². The summed E-state index contributed by atoms with van der Waals surface area (Å²) in [5.41, 5.74) is 1.57. The number of methoxy groups -OCH3 is 1. The molecule has 0 spiro atoms. The zero-order valence-electron chi connectivity index (χ0n) is 16.2. The Bertz CT molecular complexity index is 953. The third-order valence-corrected chi connectivity index (χ3v) is 4.97. The highest BCUT2D eigenvalue weighted by Crippen LogP contribution is 2.28. The molecule has 1 aromatic heterocycles. The molecular formula is C20H26N2O6S. The second-order valence-corrected chi connectivity index (χ2v) is 7.70. The molecule has 0 radical (unpaired) electrons. The summed E-state index contributed by atoms with van der Waals surface area (Å²) in [6.45, 7) is 5.93. The Labute approximate surface area is 170 Å². The van der Waals surface area contributed by atoms with Crippen molar-refractivity contribution in [1.82, 2.24) is 10.3 Å². The lowest BCUT2D eigenvalue weighted by Crippen LogP contribution is -2.35. The second kappa shape index (κ2) is 10.4. The van der Waals surface area contributed by atoms with Gasteiger partial charge < -0.3 is 10.1 Å². The van der Waals surface area contributed by atoms with Crippen molar-refractivity contribution in [2.24, 2.45) is 11.8 Å². The van der Waals surface area contributed by atoms with Crippen LogP contribution in [0.15, 0.2) is 43.1 Å². The monoisotopic (exact) mass is 422 g/mol. The molecule has 3 N–H and O–H groups in total. The van der Waals surface area contributed by atoms with Gasteiger partial charge in [0.05, 0.1) is 12.6 Å². The molecule has 1 saturated heterocycles. The topological polar surface area (TPSA) is 126 Å². The quantitative estimate of drug-likeness (QED) is 0.368. The maximum Gasteiger partial charge on any atom is 0.394 e. The van der Waals surface area contributed by atoms with Crippen molar-refractivity contribution in [3.05, 3.63) is 48.7 Å². The number of nitrogens with one attached hydrogen (secondary N) is 1. The van der Waals surface area contributed by atoms with Crippen LogP contribution >= 0.6 is 0 Å². The smallest absolute Gasteiger partial charge is 0.394 e. The van der Waals surface area contributed by atoms with Crippen LogP contribution in [0.5, 0.6) is 5.75 Å². The van der Waals surface area contributed by atoms with E-state index in [9.17, 15) is 4.79 Å². The number of pyridine rings is 1. The van der Waals surface area contributed by atoms with E-state index < -0.39 is 10.4 Å². The molecule has 1 aliphatic rings. The van der Waals surface area contributed by atoms with Gasteiger partial charge in [-0.05, 0) is 55.5 Å². The van der Waals surface area contributed by atoms with Gasteiger partial charge in [-0.1, -0.05) is 6.08 Å². The summed E-state index contributed by atoms with van der Waals surface area (Å²) in [6.07, 6.45) is 6.30. The molecule has 8 nitrogen and oxygen atoms in total. The summed E-state index contributed by atoms with van der Waals surface area (Å²) in [4.78, 5) is 17.1. The summed E-state index contributed by atoms with van der Waals surface area (Å²) in [5, 5.41) is 4.26. The number of Topliss-reactive ketones (excluding diaryl/α,β-unsaturated/α-hetero) is 1. The van der Waals surface area contributed by atoms with Gasteiger partial charge in [-0.15, -0.1) is 6.58 Å². The number of hydrogen-bond donors (Lipinski definition) is 3. The van der Waals surface area contributed by atoms with Crippen molar-refractivity contribution < 1.29 is 27.1 Å². The second-order valence-electron chi connectivity index (χ2n) is 6.80. The van der Waals surface area contributed by atoms with Gasteiger partial charge in [-0.2, -0.15) is 8.42 Å². The first-order valence-corrected chi connectivity index (χ1v) is 10.6. The van der Waals surface area contributed by atoms with Crippen LogP contribution in [0.4, 0.5) is 0 Å². The molecule has 2 aromatic rings. The van der Waals surface area contributed by atoms with Crippen LogP contribution in [0.2, 0.25) is 0 Å². The first kappa shape index (κ1) is 23.0. The van der Waals surface area contributed by atoms with Crippen LogP contribution in [-0.4, -0.2) is 48.5 Å². The molecular weight excluding hydrogens is 396 g/mol. The Morgan fingerprint density at radius 3 is 2.76 bits per heavy atom. The van der Waals surface area contributed by atoms with Crippen molar-refractivity contribution in [2.75, 3.05) is 20.2 Å². The highest BCUT2D eigenvalue weighted by Gasteiger charge is 2.23. The molecule has 2 atom stereocenters. The van der Waals surface area contributed by atoms with Crippen LogP contribution in [0.3, 0.4) is 0 Å². The van der Waals surface area contributed by atoms with E-state index in [4.69, 9.17) is 22.3 Å². The summed E-state index contributed by atoms with van der Waals surface area (Å²) in [7, 11) is -3.04. The van der Waals surface area contributed by atoms with Gasteiger partial charge >= 0.3 is 10.4 Å². The number of carbonyl (C=O) groups is 1. The fraction of sp³-hybridized carbons (Fsp3) is 0.400. The van der Waals surface area contributed by atoms with Gasteiger partial charge in [0.15, 0.2) is 5.78 Å². The molecule has 1 aromatic carbocycles. The van der Waals surface area contributed by atoms with Crippen LogP contribution in [0.1, 0.15) is 29.6 Å². The molecule has 0 aliphatic carbocycles. The highest BCUT2D eigenvalue weighted by molar-refractivity contribution is 7.79. The minimum atomic E-state index is -4.67. The van der Waals surface area contributed by atoms with Gasteiger partial charge in [0.1, 0.15) is 5.75 Å². The van der Waals surface area contributed by atoms with Crippen molar-refractivity contribution in [2.45, 2.75) is 19.3 Å². The van der Waals surface area contributed by atoms with Gasteiger partial charge in [0, 0.05) is 30.1 Å². The molecule has 2 heterocycles. The van der Waals surface area contributed by atoms with Crippen molar-refractivity contribution >= 4 is 27.1 Å². The number of piperidine rings is 1. The summed E-state index contributed by atoms with van der Waals surface area (Å²) < 4.78 is 36.9. The predicted molar refractivity (Wildman–Crippen MR) is 111 cm³/mol. The molecule has 3 rings (SSSR count). The van der Waals surface area contributed by atoms with Crippen LogP contribution in [0.25, 0.3) is 10.9 Å². The number of nitrogens with zero attached hydrogens (tertiary/aromatic N) is 1. The van der Waals surface area contributed by atoms with Gasteiger partial charge in [0.2, 0.25) is 0 Å². The number of aromatic nitrogens is 1. The lowest BCUT2D eigenvalue weighted by Gasteiger charge is -2.29. The average molecular weight is 423 g/mol. The average Bonchev–Trinajstić information content (AvgIpc) is 2.70. The number of ether oxygens (including phenoxy) is 1. The zero-order valence-corrected chi connectivity index (χ0v) is 17.1. The van der Waals surface area contributed by atoms with E-state index >= 15 is 0 Å². The van der Waals surface area contributed by atoms with Gasteiger partial charge in [0.25, 0.3) is 0 Å². The van der Waals surface area contributed by atoms with E-state index in [0.717, 1.165) is 48.1 Å². The summed E-state index contributed by atoms with van der Waals surface area (Å²) in [6, 6.07) is 7.48. The number of hydrogen-bond acceptors (Lipinski definition) is 6. The molecule has 1 aliphatic heterocycles. The van der Waals surface area contributed by atoms with E-state index in [1.54, 1.807) is 13.3 Å². The van der Waals surface area contributed by atoms with Crippen LogP contribution in [-0.2, 0) is 10.4 Å². The predicted octanol–water partition coefficient (Wildman–Crippen LogP) is 2.97. The molecule has 158 valence electrons. The van der Waals surface area contributed by atoms with Crippen molar-refractivity contribution in [3.63, 3.8) is 0 Å². The normalized spacial score (nSPS) is 19.1. The Kier molecular flexibility index (Phi) is 8.27. The number of carbonyl (C=O) groups excluding carboxylic acids is 1. The number of ketones is 1. The largest absolute Gasteiger partial charge is 0.497 e. The molecule has 2 unspecified atom stereocenters. The van der Waals surface area contributed by atoms with E-state index in [0.29, 0.717) is 18.3 Å². The minimum Gasteiger partial charge on any atom is -0.497 e. The first-order valence-electron chi connectivity index (χ1n) is 9.22. The fourth-order valence-corrected chi connectivity index (χ4v) is 3.52. The van der Waals surface area contributed by atoms with Crippen molar-refractivity contribution in [3.8, 4) is 5.75 Å². The Morgan fingerprint density at radius 2 is 2.10 bits per heavy atom. The maximum absolute atomic E-state index is 12.8. The highest BCUT2D eigenvalue weighted by atomic mass is 32.3. The number of rotatable bonds is 6. The third kappa shape index (κ3) is 7.21. The summed E-state index contributed by atoms with van der Waals surface area (Å²) >= 11 is 0. The SMILES string of the molecule is C=CC1CNCCC1CCC(=O)c1ccnc2ccc(OC)cc12.O=S(=O)(O)O. The Morgan fingerprint density at radius 1 is 1.38 bits per heavy atom. The molecule has 1 fully saturated rings. The zero-order chi connectivity index (χ0) is 21.4. The minimum absolute atomic E-state index is 0.178. The van der Waals surface area contributed by atoms with E-state index in [1.165, 1.54) is 0 Å². The maximum atomic E-state index is 12.8. The van der Waals surface area contributed by atoms with Gasteiger partial charge in [-0.25, -0.2) is 0 Å². The van der Waals surface area contributed by atoms with Gasteiger partial charge in [-0.3, -0.25) is 18.9 Å². The molecule has 29 heavy (non-hydrogen) atoms. The fourth-order valence-electron chi connectivity index (χ4n) is 3.52. The lowest BCUT2D eigenvalue weighted by molar-refractivity contribution is 0.0968. The number of benzene rings is 1. The van der Waals surface area contributed by atoms with Crippen LogP contribution < -0.4 is 10.1 Å². The van der Waals surface area contributed by atoms with Crippen molar-refractivity contribution in [1.29, 1.82) is 0 Å². The van der Waals surface area contributed by atoms with E-state index in [1.807, 2.05) is 30.3 Å².